The van der Waals surface area contributed by atoms with E-state index in [-0.39, 0.29) is 12.6 Å². The number of aromatic nitrogens is 1. The average molecular weight is 271 g/mol. The zero-order chi connectivity index (χ0) is 13.4. The lowest BCUT2D eigenvalue weighted by Gasteiger charge is -2.06. The highest BCUT2D eigenvalue weighted by atomic mass is 32.1. The molecule has 2 N–H and O–H groups in total. The van der Waals surface area contributed by atoms with Crippen LogP contribution in [-0.4, -0.2) is 36.7 Å². The number of rotatable bonds is 6. The standard InChI is InChI=1S/C11H17N3O3S/c1-3-17-10(15)6-13-11(16)12-5-4-9-14-8(2)7-18-9/h7H,3-6H2,1-2H3,(H2,12,13,16). The molecule has 7 heteroatoms. The van der Waals surface area contributed by atoms with Gasteiger partial charge in [0.1, 0.15) is 6.54 Å². The molecule has 100 valence electrons. The summed E-state index contributed by atoms with van der Waals surface area (Å²) in [6, 6.07) is -0.378. The van der Waals surface area contributed by atoms with Crippen LogP contribution in [0.4, 0.5) is 4.79 Å². The maximum Gasteiger partial charge on any atom is 0.325 e. The van der Waals surface area contributed by atoms with Gasteiger partial charge in [0.15, 0.2) is 0 Å². The lowest BCUT2D eigenvalue weighted by Crippen LogP contribution is -2.39. The third-order valence-electron chi connectivity index (χ3n) is 1.99. The second-order valence-electron chi connectivity index (χ2n) is 3.55. The second kappa shape index (κ2) is 7.65. The van der Waals surface area contributed by atoms with Crippen molar-refractivity contribution in [3.63, 3.8) is 0 Å². The molecule has 0 bridgehead atoms. The van der Waals surface area contributed by atoms with Crippen molar-refractivity contribution in [2.24, 2.45) is 0 Å². The first-order valence-corrected chi connectivity index (χ1v) is 6.58. The quantitative estimate of drug-likeness (QED) is 0.752. The van der Waals surface area contributed by atoms with E-state index < -0.39 is 5.97 Å². The van der Waals surface area contributed by atoms with E-state index in [0.29, 0.717) is 19.6 Å². The summed E-state index contributed by atoms with van der Waals surface area (Å²) in [5.41, 5.74) is 0.988. The van der Waals surface area contributed by atoms with E-state index in [0.717, 1.165) is 10.7 Å². The summed E-state index contributed by atoms with van der Waals surface area (Å²) < 4.78 is 4.68. The maximum atomic E-state index is 11.3. The Morgan fingerprint density at radius 1 is 1.44 bits per heavy atom. The number of ether oxygens (including phenoxy) is 1. The topological polar surface area (TPSA) is 80.3 Å². The van der Waals surface area contributed by atoms with Crippen LogP contribution in [0.2, 0.25) is 0 Å². The van der Waals surface area contributed by atoms with Gasteiger partial charge in [-0.25, -0.2) is 9.78 Å². The number of urea groups is 1. The number of hydrogen-bond donors (Lipinski definition) is 2. The number of amides is 2. The van der Waals surface area contributed by atoms with Gasteiger partial charge in [0.25, 0.3) is 0 Å². The number of aryl methyl sites for hydroxylation is 1. The van der Waals surface area contributed by atoms with Crippen molar-refractivity contribution in [1.29, 1.82) is 0 Å². The number of esters is 1. The van der Waals surface area contributed by atoms with Gasteiger partial charge in [-0.15, -0.1) is 11.3 Å². The van der Waals surface area contributed by atoms with Crippen LogP contribution in [0.5, 0.6) is 0 Å². The maximum absolute atomic E-state index is 11.3. The molecule has 0 fully saturated rings. The summed E-state index contributed by atoms with van der Waals surface area (Å²) in [6.45, 7) is 4.33. The van der Waals surface area contributed by atoms with Crippen LogP contribution in [0.3, 0.4) is 0 Å². The fraction of sp³-hybridized carbons (Fsp3) is 0.545. The lowest BCUT2D eigenvalue weighted by molar-refractivity contribution is -0.141. The molecule has 0 aliphatic carbocycles. The number of thiazole rings is 1. The molecule has 1 rings (SSSR count). The molecule has 0 atom stereocenters. The molecule has 0 spiro atoms. The molecule has 18 heavy (non-hydrogen) atoms. The van der Waals surface area contributed by atoms with Gasteiger partial charge in [0.2, 0.25) is 0 Å². The molecule has 0 aliphatic rings. The molecule has 2 amide bonds. The van der Waals surface area contributed by atoms with Crippen molar-refractivity contribution in [2.75, 3.05) is 19.7 Å². The number of carbonyl (C=O) groups is 2. The van der Waals surface area contributed by atoms with Crippen LogP contribution in [0, 0.1) is 6.92 Å². The predicted octanol–water partition coefficient (Wildman–Crippen LogP) is 0.856. The van der Waals surface area contributed by atoms with Gasteiger partial charge in [-0.3, -0.25) is 4.79 Å². The Bertz CT molecular complexity index is 406. The van der Waals surface area contributed by atoms with Crippen molar-refractivity contribution in [2.45, 2.75) is 20.3 Å². The molecule has 0 unspecified atom stereocenters. The first-order valence-electron chi connectivity index (χ1n) is 5.70. The summed E-state index contributed by atoms with van der Waals surface area (Å²) >= 11 is 1.57. The predicted molar refractivity (Wildman–Crippen MR) is 68.6 cm³/mol. The summed E-state index contributed by atoms with van der Waals surface area (Å²) in [7, 11) is 0. The smallest absolute Gasteiger partial charge is 0.325 e. The number of carbonyl (C=O) groups excluding carboxylic acids is 2. The highest BCUT2D eigenvalue weighted by molar-refractivity contribution is 7.09. The molecular weight excluding hydrogens is 254 g/mol. The third-order valence-corrected chi connectivity index (χ3v) is 3.02. The highest BCUT2D eigenvalue weighted by Crippen LogP contribution is 2.08. The molecular formula is C11H17N3O3S. The Hall–Kier alpha value is -1.63. The molecule has 1 heterocycles. The normalized spacial score (nSPS) is 9.89. The third kappa shape index (κ3) is 5.62. The minimum atomic E-state index is -0.441. The molecule has 6 nitrogen and oxygen atoms in total. The van der Waals surface area contributed by atoms with Crippen LogP contribution < -0.4 is 10.6 Å². The number of hydrogen-bond acceptors (Lipinski definition) is 5. The SMILES string of the molecule is CCOC(=O)CNC(=O)NCCc1nc(C)cs1. The van der Waals surface area contributed by atoms with Crippen LogP contribution in [0.15, 0.2) is 5.38 Å². The second-order valence-corrected chi connectivity index (χ2v) is 4.49. The van der Waals surface area contributed by atoms with Crippen LogP contribution in [-0.2, 0) is 16.0 Å². The Balaban J connectivity index is 2.12. The van der Waals surface area contributed by atoms with E-state index in [2.05, 4.69) is 20.4 Å². The van der Waals surface area contributed by atoms with Gasteiger partial charge in [-0.05, 0) is 13.8 Å². The van der Waals surface area contributed by atoms with Crippen LogP contribution >= 0.6 is 11.3 Å². The Labute approximate surface area is 110 Å². The Morgan fingerprint density at radius 3 is 2.83 bits per heavy atom. The highest BCUT2D eigenvalue weighted by Gasteiger charge is 2.05. The van der Waals surface area contributed by atoms with Crippen molar-refractivity contribution in [3.8, 4) is 0 Å². The number of nitrogens with zero attached hydrogens (tertiary/aromatic N) is 1. The molecule has 1 aromatic heterocycles. The van der Waals surface area contributed by atoms with Crippen molar-refractivity contribution >= 4 is 23.3 Å². The minimum absolute atomic E-state index is 0.115. The van der Waals surface area contributed by atoms with Gasteiger partial charge in [-0.2, -0.15) is 0 Å². The molecule has 0 saturated carbocycles. The van der Waals surface area contributed by atoms with E-state index >= 15 is 0 Å². The van der Waals surface area contributed by atoms with Gasteiger partial charge < -0.3 is 15.4 Å². The van der Waals surface area contributed by atoms with E-state index in [1.807, 2.05) is 12.3 Å². The van der Waals surface area contributed by atoms with Gasteiger partial charge in [0, 0.05) is 24.0 Å². The summed E-state index contributed by atoms with van der Waals surface area (Å²) in [4.78, 5) is 26.6. The van der Waals surface area contributed by atoms with Gasteiger partial charge in [0.05, 0.1) is 11.6 Å². The summed E-state index contributed by atoms with van der Waals surface area (Å²) in [6.07, 6.45) is 0.686. The van der Waals surface area contributed by atoms with Gasteiger partial charge >= 0.3 is 12.0 Å². The molecule has 0 aromatic carbocycles. The van der Waals surface area contributed by atoms with E-state index in [4.69, 9.17) is 0 Å². The Kier molecular flexibility index (Phi) is 6.13. The zero-order valence-corrected chi connectivity index (χ0v) is 11.3. The van der Waals surface area contributed by atoms with Crippen molar-refractivity contribution < 1.29 is 14.3 Å². The monoisotopic (exact) mass is 271 g/mol. The van der Waals surface area contributed by atoms with E-state index in [1.54, 1.807) is 18.3 Å². The Morgan fingerprint density at radius 2 is 2.22 bits per heavy atom. The van der Waals surface area contributed by atoms with Crippen LogP contribution in [0.25, 0.3) is 0 Å². The van der Waals surface area contributed by atoms with Crippen LogP contribution in [0.1, 0.15) is 17.6 Å². The van der Waals surface area contributed by atoms with E-state index in [1.165, 1.54) is 0 Å². The van der Waals surface area contributed by atoms with Crippen molar-refractivity contribution in [1.82, 2.24) is 15.6 Å². The minimum Gasteiger partial charge on any atom is -0.465 e. The summed E-state index contributed by atoms with van der Waals surface area (Å²) in [5.74, 6) is -0.441. The fourth-order valence-electron chi connectivity index (χ4n) is 1.23. The molecule has 0 radical (unpaired) electrons. The van der Waals surface area contributed by atoms with E-state index in [9.17, 15) is 9.59 Å². The summed E-state index contributed by atoms with van der Waals surface area (Å²) in [5, 5.41) is 8.02. The first kappa shape index (κ1) is 14.4. The fourth-order valence-corrected chi connectivity index (χ4v) is 2.00. The molecule has 0 aliphatic heterocycles. The lowest BCUT2D eigenvalue weighted by atomic mass is 10.4. The molecule has 1 aromatic rings. The largest absolute Gasteiger partial charge is 0.465 e. The number of nitrogens with one attached hydrogen (secondary N) is 2. The first-order chi connectivity index (χ1) is 8.61. The van der Waals surface area contributed by atoms with Crippen molar-refractivity contribution in [3.05, 3.63) is 16.1 Å². The van der Waals surface area contributed by atoms with Gasteiger partial charge in [-0.1, -0.05) is 0 Å². The zero-order valence-electron chi connectivity index (χ0n) is 10.5. The average Bonchev–Trinajstić information content (AvgIpc) is 2.73. The molecule has 0 saturated heterocycles.